The molecule has 1 amide bonds. The highest BCUT2D eigenvalue weighted by atomic mass is 16.1. The molecule has 7 heavy (non-hydrogen) atoms. The maximum absolute atomic E-state index is 9.73. The van der Waals surface area contributed by atoms with E-state index in [2.05, 4.69) is 5.92 Å². The minimum absolute atomic E-state index is 0.392. The van der Waals surface area contributed by atoms with Crippen LogP contribution in [0.25, 0.3) is 0 Å². The van der Waals surface area contributed by atoms with Crippen LogP contribution in [0.5, 0.6) is 0 Å². The van der Waals surface area contributed by atoms with Crippen molar-refractivity contribution in [3.05, 3.63) is 0 Å². The lowest BCUT2D eigenvalue weighted by Crippen LogP contribution is -2.15. The van der Waals surface area contributed by atoms with E-state index >= 15 is 0 Å². The average Bonchev–Trinajstić information content (AvgIpc) is 1.68. The smallest absolute Gasteiger partial charge is 0.210 e. The highest BCUT2D eigenvalue weighted by Gasteiger charge is 1.82. The van der Waals surface area contributed by atoms with Crippen molar-refractivity contribution in [3.8, 4) is 12.3 Å². The van der Waals surface area contributed by atoms with E-state index in [1.54, 1.807) is 7.05 Å². The molecular formula is C5H7NO. The fraction of sp³-hybridized carbons (Fsp3) is 0.400. The average molecular weight is 97.1 g/mol. The predicted octanol–water partition coefficient (Wildman–Crippen LogP) is -0.292. The van der Waals surface area contributed by atoms with Gasteiger partial charge in [0.15, 0.2) is 0 Å². The summed E-state index contributed by atoms with van der Waals surface area (Å²) in [5.74, 6) is 2.31. The summed E-state index contributed by atoms with van der Waals surface area (Å²) in [5, 5.41) is 0. The lowest BCUT2D eigenvalue weighted by molar-refractivity contribution is -0.116. The van der Waals surface area contributed by atoms with Crippen molar-refractivity contribution in [2.45, 2.75) is 0 Å². The topological polar surface area (TPSA) is 20.3 Å². The first-order chi connectivity index (χ1) is 3.31. The highest BCUT2D eigenvalue weighted by Crippen LogP contribution is 1.67. The maximum atomic E-state index is 9.73. The van der Waals surface area contributed by atoms with E-state index in [-0.39, 0.29) is 0 Å². The summed E-state index contributed by atoms with van der Waals surface area (Å²) in [6.07, 6.45) is 5.55. The molecule has 0 aromatic carbocycles. The Kier molecular flexibility index (Phi) is 2.78. The van der Waals surface area contributed by atoms with Crippen LogP contribution in [0.1, 0.15) is 0 Å². The fourth-order valence-corrected chi connectivity index (χ4v) is 0.181. The third-order valence-electron chi connectivity index (χ3n) is 0.521. The van der Waals surface area contributed by atoms with Gasteiger partial charge in [-0.25, -0.2) is 0 Å². The number of carbonyl (C=O) groups excluding carboxylic acids is 1. The van der Waals surface area contributed by atoms with Crippen LogP contribution in [0.2, 0.25) is 0 Å². The number of terminal acetylenes is 1. The molecule has 0 aliphatic carbocycles. The molecule has 2 nitrogen and oxygen atoms in total. The van der Waals surface area contributed by atoms with E-state index in [1.807, 2.05) is 0 Å². The molecule has 0 spiro atoms. The van der Waals surface area contributed by atoms with E-state index in [0.29, 0.717) is 13.0 Å². The maximum Gasteiger partial charge on any atom is 0.210 e. The third-order valence-corrected chi connectivity index (χ3v) is 0.521. The summed E-state index contributed by atoms with van der Waals surface area (Å²) in [4.78, 5) is 11.1. The first kappa shape index (κ1) is 6.03. The summed E-state index contributed by atoms with van der Waals surface area (Å²) in [7, 11) is 1.63. The molecule has 38 valence electrons. The molecule has 0 aliphatic heterocycles. The van der Waals surface area contributed by atoms with Gasteiger partial charge < -0.3 is 4.90 Å². The van der Waals surface area contributed by atoms with Gasteiger partial charge in [-0.1, -0.05) is 5.92 Å². The second-order valence-corrected chi connectivity index (χ2v) is 1.22. The molecule has 0 N–H and O–H groups in total. The number of amides is 1. The Balaban J connectivity index is 3.21. The van der Waals surface area contributed by atoms with Crippen molar-refractivity contribution in [1.29, 1.82) is 0 Å². The zero-order valence-corrected chi connectivity index (χ0v) is 4.22. The minimum Gasteiger partial charge on any atom is -0.337 e. The summed E-state index contributed by atoms with van der Waals surface area (Å²) >= 11 is 0. The first-order valence-corrected chi connectivity index (χ1v) is 1.90. The van der Waals surface area contributed by atoms with Crippen molar-refractivity contribution in [1.82, 2.24) is 4.90 Å². The van der Waals surface area contributed by atoms with Gasteiger partial charge in [0.1, 0.15) is 0 Å². The molecule has 0 aromatic heterocycles. The van der Waals surface area contributed by atoms with Gasteiger partial charge >= 0.3 is 0 Å². The monoisotopic (exact) mass is 97.1 g/mol. The lowest BCUT2D eigenvalue weighted by Gasteiger charge is -2.01. The van der Waals surface area contributed by atoms with Crippen LogP contribution in [-0.2, 0) is 4.79 Å². The van der Waals surface area contributed by atoms with Gasteiger partial charge in [0, 0.05) is 7.05 Å². The summed E-state index contributed by atoms with van der Waals surface area (Å²) < 4.78 is 0. The third kappa shape index (κ3) is 2.84. The van der Waals surface area contributed by atoms with Crippen molar-refractivity contribution >= 4 is 6.41 Å². The molecule has 0 aromatic rings. The fourth-order valence-electron chi connectivity index (χ4n) is 0.181. The minimum atomic E-state index is 0.392. The number of hydrogen-bond acceptors (Lipinski definition) is 1. The van der Waals surface area contributed by atoms with Crippen LogP contribution in [0.4, 0.5) is 0 Å². The second kappa shape index (κ2) is 3.23. The number of nitrogens with zero attached hydrogens (tertiary/aromatic N) is 1. The number of rotatable bonds is 2. The Hall–Kier alpha value is -0.970. The molecule has 0 rings (SSSR count). The van der Waals surface area contributed by atoms with Gasteiger partial charge in [-0.05, 0) is 0 Å². The normalized spacial score (nSPS) is 6.86. The Morgan fingerprint density at radius 1 is 2.00 bits per heavy atom. The van der Waals surface area contributed by atoms with Gasteiger partial charge in [0.2, 0.25) is 6.41 Å². The van der Waals surface area contributed by atoms with Gasteiger partial charge in [0.05, 0.1) is 6.54 Å². The molecule has 0 saturated carbocycles. The molecule has 0 atom stereocenters. The van der Waals surface area contributed by atoms with Gasteiger partial charge in [0.25, 0.3) is 0 Å². The van der Waals surface area contributed by atoms with Gasteiger partial charge in [-0.3, -0.25) is 4.79 Å². The van der Waals surface area contributed by atoms with E-state index in [1.165, 1.54) is 4.90 Å². The van der Waals surface area contributed by atoms with E-state index in [4.69, 9.17) is 6.42 Å². The van der Waals surface area contributed by atoms with Crippen molar-refractivity contribution in [2.24, 2.45) is 0 Å². The predicted molar refractivity (Wildman–Crippen MR) is 27.5 cm³/mol. The molecule has 0 aliphatic rings. The quantitative estimate of drug-likeness (QED) is 0.342. The van der Waals surface area contributed by atoms with Gasteiger partial charge in [-0.2, -0.15) is 0 Å². The summed E-state index contributed by atoms with van der Waals surface area (Å²) in [6.45, 7) is 0.392. The summed E-state index contributed by atoms with van der Waals surface area (Å²) in [6, 6.07) is 0. The van der Waals surface area contributed by atoms with Crippen LogP contribution in [0.3, 0.4) is 0 Å². The molecule has 0 radical (unpaired) electrons. The molecule has 2 heteroatoms. The van der Waals surface area contributed by atoms with Crippen LogP contribution in [0, 0.1) is 12.3 Å². The Bertz CT molecular complexity index is 92.7. The molecule has 0 bridgehead atoms. The van der Waals surface area contributed by atoms with Crippen LogP contribution < -0.4 is 0 Å². The molecule has 0 saturated heterocycles. The standard InChI is InChI=1S/C5H7NO/c1-3-4-6(2)5-7/h1,5H,4H2,2H3. The first-order valence-electron chi connectivity index (χ1n) is 1.90. The second-order valence-electron chi connectivity index (χ2n) is 1.22. The molecule has 0 unspecified atom stereocenters. The SMILES string of the molecule is C#CCN(C)C=O. The van der Waals surface area contributed by atoms with E-state index in [0.717, 1.165) is 0 Å². The van der Waals surface area contributed by atoms with Crippen LogP contribution in [-0.4, -0.2) is 24.9 Å². The van der Waals surface area contributed by atoms with Crippen LogP contribution >= 0.6 is 0 Å². The summed E-state index contributed by atoms with van der Waals surface area (Å²) in [5.41, 5.74) is 0. The largest absolute Gasteiger partial charge is 0.337 e. The number of hydrogen-bond donors (Lipinski definition) is 0. The van der Waals surface area contributed by atoms with Crippen molar-refractivity contribution in [2.75, 3.05) is 13.6 Å². The van der Waals surface area contributed by atoms with E-state index in [9.17, 15) is 4.79 Å². The Morgan fingerprint density at radius 2 is 2.57 bits per heavy atom. The van der Waals surface area contributed by atoms with E-state index < -0.39 is 0 Å². The zero-order valence-electron chi connectivity index (χ0n) is 4.22. The lowest BCUT2D eigenvalue weighted by atomic mass is 10.6. The number of carbonyl (C=O) groups is 1. The van der Waals surface area contributed by atoms with Gasteiger partial charge in [-0.15, -0.1) is 6.42 Å². The van der Waals surface area contributed by atoms with Crippen molar-refractivity contribution < 1.29 is 4.79 Å². The molecule has 0 fully saturated rings. The molecule has 0 heterocycles. The Labute approximate surface area is 43.1 Å². The zero-order chi connectivity index (χ0) is 5.70. The molecular weight excluding hydrogens is 90.1 g/mol. The van der Waals surface area contributed by atoms with Crippen molar-refractivity contribution in [3.63, 3.8) is 0 Å². The van der Waals surface area contributed by atoms with Crippen LogP contribution in [0.15, 0.2) is 0 Å². The highest BCUT2D eigenvalue weighted by molar-refractivity contribution is 5.46. The Morgan fingerprint density at radius 3 is 2.71 bits per heavy atom.